The number of rotatable bonds is 4. The van der Waals surface area contributed by atoms with Crippen LogP contribution in [0.3, 0.4) is 0 Å². The molecule has 2 rings (SSSR count). The Balaban J connectivity index is 1.88. The number of nitrogens with zero attached hydrogens (tertiary/aromatic N) is 2. The molecular formula is C18H26N2O2. The zero-order valence-electron chi connectivity index (χ0n) is 13.9. The predicted octanol–water partition coefficient (Wildman–Crippen LogP) is 2.32. The molecule has 120 valence electrons. The zero-order chi connectivity index (χ0) is 16.1. The van der Waals surface area contributed by atoms with Crippen LogP contribution in [0, 0.1) is 13.8 Å². The van der Waals surface area contributed by atoms with Crippen molar-refractivity contribution in [3.63, 3.8) is 0 Å². The van der Waals surface area contributed by atoms with Crippen LogP contribution in [-0.2, 0) is 16.0 Å². The average Bonchev–Trinajstić information content (AvgIpc) is 2.50. The largest absolute Gasteiger partial charge is 0.339 e. The molecule has 0 atom stereocenters. The first kappa shape index (κ1) is 16.5. The highest BCUT2D eigenvalue weighted by Crippen LogP contribution is 2.13. The van der Waals surface area contributed by atoms with Gasteiger partial charge in [0, 0.05) is 32.6 Å². The maximum absolute atomic E-state index is 12.4. The van der Waals surface area contributed by atoms with Crippen LogP contribution in [0.2, 0.25) is 0 Å². The Labute approximate surface area is 133 Å². The van der Waals surface area contributed by atoms with Crippen LogP contribution in [0.25, 0.3) is 0 Å². The summed E-state index contributed by atoms with van der Waals surface area (Å²) < 4.78 is 0. The zero-order valence-corrected chi connectivity index (χ0v) is 13.9. The van der Waals surface area contributed by atoms with E-state index < -0.39 is 0 Å². The molecule has 1 saturated heterocycles. The number of benzene rings is 1. The van der Waals surface area contributed by atoms with Gasteiger partial charge in [0.15, 0.2) is 0 Å². The highest BCUT2D eigenvalue weighted by molar-refractivity contribution is 5.80. The summed E-state index contributed by atoms with van der Waals surface area (Å²) in [5, 5.41) is 0. The molecular weight excluding hydrogens is 276 g/mol. The number of amides is 2. The molecule has 1 fully saturated rings. The van der Waals surface area contributed by atoms with Crippen LogP contribution in [0.15, 0.2) is 18.2 Å². The Morgan fingerprint density at radius 3 is 2.14 bits per heavy atom. The van der Waals surface area contributed by atoms with Crippen molar-refractivity contribution >= 4 is 11.8 Å². The maximum Gasteiger partial charge on any atom is 0.227 e. The standard InChI is InChI=1S/C18H26N2O2/c1-4-5-17(21)19-8-10-20(11-9-19)18(22)13-16-7-6-14(2)12-15(16)3/h6-7,12H,4-5,8-11,13H2,1-3H3. The summed E-state index contributed by atoms with van der Waals surface area (Å²) in [6.07, 6.45) is 1.94. The Morgan fingerprint density at radius 2 is 1.59 bits per heavy atom. The fourth-order valence-electron chi connectivity index (χ4n) is 2.90. The fraction of sp³-hybridized carbons (Fsp3) is 0.556. The van der Waals surface area contributed by atoms with E-state index in [-0.39, 0.29) is 11.8 Å². The molecule has 0 unspecified atom stereocenters. The molecule has 0 N–H and O–H groups in total. The summed E-state index contributed by atoms with van der Waals surface area (Å²) in [6.45, 7) is 8.76. The highest BCUT2D eigenvalue weighted by Gasteiger charge is 2.23. The fourth-order valence-corrected chi connectivity index (χ4v) is 2.90. The van der Waals surface area contributed by atoms with Crippen LogP contribution in [0.1, 0.15) is 36.5 Å². The van der Waals surface area contributed by atoms with E-state index in [9.17, 15) is 9.59 Å². The van der Waals surface area contributed by atoms with Gasteiger partial charge in [-0.3, -0.25) is 9.59 Å². The van der Waals surface area contributed by atoms with Gasteiger partial charge >= 0.3 is 0 Å². The first-order chi connectivity index (χ1) is 10.5. The van der Waals surface area contributed by atoms with Crippen molar-refractivity contribution < 1.29 is 9.59 Å². The number of carbonyl (C=O) groups excluding carboxylic acids is 2. The molecule has 2 amide bonds. The molecule has 1 aliphatic rings. The van der Waals surface area contributed by atoms with Crippen molar-refractivity contribution in [1.29, 1.82) is 0 Å². The third-order valence-electron chi connectivity index (χ3n) is 4.29. The molecule has 1 aliphatic heterocycles. The topological polar surface area (TPSA) is 40.6 Å². The minimum absolute atomic E-state index is 0.162. The molecule has 1 aromatic rings. The lowest BCUT2D eigenvalue weighted by atomic mass is 10.0. The monoisotopic (exact) mass is 302 g/mol. The SMILES string of the molecule is CCCC(=O)N1CCN(C(=O)Cc2ccc(C)cc2C)CC1. The third-order valence-corrected chi connectivity index (χ3v) is 4.29. The summed E-state index contributed by atoms with van der Waals surface area (Å²) in [5.74, 6) is 0.374. The Bertz CT molecular complexity index is 546. The highest BCUT2D eigenvalue weighted by atomic mass is 16.2. The first-order valence-electron chi connectivity index (χ1n) is 8.13. The molecule has 0 radical (unpaired) electrons. The number of piperazine rings is 1. The average molecular weight is 302 g/mol. The summed E-state index contributed by atoms with van der Waals surface area (Å²) in [4.78, 5) is 28.1. The van der Waals surface area contributed by atoms with Crippen LogP contribution in [0.4, 0.5) is 0 Å². The molecule has 4 nitrogen and oxygen atoms in total. The maximum atomic E-state index is 12.4. The number of hydrogen-bond donors (Lipinski definition) is 0. The number of carbonyl (C=O) groups is 2. The van der Waals surface area contributed by atoms with Gasteiger partial charge in [0.25, 0.3) is 0 Å². The van der Waals surface area contributed by atoms with Gasteiger partial charge in [-0.05, 0) is 31.4 Å². The second kappa shape index (κ2) is 7.43. The number of aryl methyl sites for hydroxylation is 2. The van der Waals surface area contributed by atoms with Crippen molar-refractivity contribution in [2.75, 3.05) is 26.2 Å². The summed E-state index contributed by atoms with van der Waals surface area (Å²) in [5.41, 5.74) is 3.49. The van der Waals surface area contributed by atoms with E-state index in [0.717, 1.165) is 12.0 Å². The van der Waals surface area contributed by atoms with Gasteiger partial charge in [0.05, 0.1) is 6.42 Å². The summed E-state index contributed by atoms with van der Waals surface area (Å²) in [6, 6.07) is 6.21. The van der Waals surface area contributed by atoms with Crippen molar-refractivity contribution in [1.82, 2.24) is 9.80 Å². The Hall–Kier alpha value is -1.84. The van der Waals surface area contributed by atoms with E-state index in [4.69, 9.17) is 0 Å². The molecule has 0 saturated carbocycles. The second-order valence-electron chi connectivity index (χ2n) is 6.12. The molecule has 4 heteroatoms. The van der Waals surface area contributed by atoms with Gasteiger partial charge in [-0.15, -0.1) is 0 Å². The van der Waals surface area contributed by atoms with E-state index in [1.807, 2.05) is 22.8 Å². The van der Waals surface area contributed by atoms with Crippen LogP contribution in [0.5, 0.6) is 0 Å². The Kier molecular flexibility index (Phi) is 5.58. The smallest absolute Gasteiger partial charge is 0.227 e. The van der Waals surface area contributed by atoms with E-state index in [0.29, 0.717) is 39.0 Å². The molecule has 1 aromatic carbocycles. The van der Waals surface area contributed by atoms with E-state index in [2.05, 4.69) is 26.0 Å². The van der Waals surface area contributed by atoms with Crippen molar-refractivity contribution in [2.24, 2.45) is 0 Å². The second-order valence-corrected chi connectivity index (χ2v) is 6.12. The number of hydrogen-bond acceptors (Lipinski definition) is 2. The lowest BCUT2D eigenvalue weighted by Crippen LogP contribution is -2.50. The predicted molar refractivity (Wildman–Crippen MR) is 87.7 cm³/mol. The van der Waals surface area contributed by atoms with Crippen LogP contribution >= 0.6 is 0 Å². The molecule has 0 spiro atoms. The van der Waals surface area contributed by atoms with Gasteiger partial charge in [-0.25, -0.2) is 0 Å². The van der Waals surface area contributed by atoms with Crippen molar-refractivity contribution in [3.8, 4) is 0 Å². The molecule has 22 heavy (non-hydrogen) atoms. The molecule has 0 aliphatic carbocycles. The molecule has 1 heterocycles. The lowest BCUT2D eigenvalue weighted by Gasteiger charge is -2.35. The van der Waals surface area contributed by atoms with Gasteiger partial charge in [-0.2, -0.15) is 0 Å². The summed E-state index contributed by atoms with van der Waals surface area (Å²) >= 11 is 0. The van der Waals surface area contributed by atoms with E-state index in [1.165, 1.54) is 11.1 Å². The minimum atomic E-state index is 0.162. The normalized spacial score (nSPS) is 15.0. The molecule has 0 aromatic heterocycles. The van der Waals surface area contributed by atoms with E-state index >= 15 is 0 Å². The van der Waals surface area contributed by atoms with Gasteiger partial charge in [-0.1, -0.05) is 30.7 Å². The van der Waals surface area contributed by atoms with Gasteiger partial charge in [0.2, 0.25) is 11.8 Å². The quantitative estimate of drug-likeness (QED) is 0.856. The lowest BCUT2D eigenvalue weighted by molar-refractivity contribution is -0.139. The van der Waals surface area contributed by atoms with Crippen LogP contribution < -0.4 is 0 Å². The van der Waals surface area contributed by atoms with Crippen LogP contribution in [-0.4, -0.2) is 47.8 Å². The third kappa shape index (κ3) is 4.09. The van der Waals surface area contributed by atoms with Crippen molar-refractivity contribution in [2.45, 2.75) is 40.0 Å². The first-order valence-corrected chi connectivity index (χ1v) is 8.13. The Morgan fingerprint density at radius 1 is 1.00 bits per heavy atom. The van der Waals surface area contributed by atoms with Gasteiger partial charge < -0.3 is 9.80 Å². The summed E-state index contributed by atoms with van der Waals surface area (Å²) in [7, 11) is 0. The molecule has 0 bridgehead atoms. The van der Waals surface area contributed by atoms with Crippen molar-refractivity contribution in [3.05, 3.63) is 34.9 Å². The van der Waals surface area contributed by atoms with Gasteiger partial charge in [0.1, 0.15) is 0 Å². The minimum Gasteiger partial charge on any atom is -0.339 e. The van der Waals surface area contributed by atoms with E-state index in [1.54, 1.807) is 0 Å².